The van der Waals surface area contributed by atoms with E-state index in [4.69, 9.17) is 4.74 Å². The summed E-state index contributed by atoms with van der Waals surface area (Å²) in [4.78, 5) is 38.2. The number of rotatable bonds is 8. The van der Waals surface area contributed by atoms with Gasteiger partial charge in [0.2, 0.25) is 0 Å². The smallest absolute Gasteiger partial charge is 0.337 e. The molecule has 7 nitrogen and oxygen atoms in total. The van der Waals surface area contributed by atoms with Crippen molar-refractivity contribution < 1.29 is 28.2 Å². The summed E-state index contributed by atoms with van der Waals surface area (Å²) in [7, 11) is 2.95. The van der Waals surface area contributed by atoms with Gasteiger partial charge >= 0.3 is 5.97 Å². The topological polar surface area (TPSA) is 84.9 Å². The summed E-state index contributed by atoms with van der Waals surface area (Å²) < 4.78 is 23.9. The molecule has 0 spiro atoms. The Balaban J connectivity index is 1.63. The second kappa shape index (κ2) is 10.9. The molecule has 0 atom stereocenters. The fraction of sp³-hybridized carbons (Fsp3) is 0.160. The minimum Gasteiger partial charge on any atom is -0.483 e. The van der Waals surface area contributed by atoms with Crippen LogP contribution in [0.1, 0.15) is 26.3 Å². The third-order valence-corrected chi connectivity index (χ3v) is 4.77. The summed E-state index contributed by atoms with van der Waals surface area (Å²) >= 11 is 0. The highest BCUT2D eigenvalue weighted by Gasteiger charge is 2.18. The van der Waals surface area contributed by atoms with Crippen molar-refractivity contribution in [3.63, 3.8) is 0 Å². The first kappa shape index (κ1) is 23.5. The van der Waals surface area contributed by atoms with E-state index < -0.39 is 24.3 Å². The fourth-order valence-electron chi connectivity index (χ4n) is 3.08. The third-order valence-electron chi connectivity index (χ3n) is 4.77. The molecule has 0 bridgehead atoms. The van der Waals surface area contributed by atoms with Gasteiger partial charge in [0.05, 0.1) is 23.9 Å². The molecule has 0 saturated carbocycles. The van der Waals surface area contributed by atoms with Crippen LogP contribution in [0.2, 0.25) is 0 Å². The van der Waals surface area contributed by atoms with Crippen LogP contribution in [0, 0.1) is 5.82 Å². The molecule has 170 valence electrons. The van der Waals surface area contributed by atoms with Crippen LogP contribution in [0.3, 0.4) is 0 Å². The van der Waals surface area contributed by atoms with Crippen LogP contribution in [-0.4, -0.2) is 43.4 Å². The molecule has 0 aliphatic heterocycles. The molecule has 3 rings (SSSR count). The molecule has 1 N–H and O–H groups in total. The predicted molar refractivity (Wildman–Crippen MR) is 121 cm³/mol. The summed E-state index contributed by atoms with van der Waals surface area (Å²) in [6.45, 7) is -0.0975. The van der Waals surface area contributed by atoms with Crippen molar-refractivity contribution in [3.8, 4) is 5.75 Å². The van der Waals surface area contributed by atoms with E-state index in [1.54, 1.807) is 61.6 Å². The number of ether oxygens (including phenoxy) is 2. The van der Waals surface area contributed by atoms with Gasteiger partial charge in [0.25, 0.3) is 11.8 Å². The lowest BCUT2D eigenvalue weighted by Crippen LogP contribution is -2.27. The van der Waals surface area contributed by atoms with Gasteiger partial charge in [-0.25, -0.2) is 9.18 Å². The Morgan fingerprint density at radius 2 is 1.61 bits per heavy atom. The molecule has 33 heavy (non-hydrogen) atoms. The van der Waals surface area contributed by atoms with Gasteiger partial charge in [0.15, 0.2) is 6.61 Å². The number of carbonyl (C=O) groups is 3. The number of halogens is 1. The van der Waals surface area contributed by atoms with E-state index in [0.29, 0.717) is 12.1 Å². The van der Waals surface area contributed by atoms with E-state index in [1.165, 1.54) is 30.2 Å². The fourth-order valence-corrected chi connectivity index (χ4v) is 3.08. The van der Waals surface area contributed by atoms with Gasteiger partial charge < -0.3 is 19.7 Å². The Morgan fingerprint density at radius 1 is 0.939 bits per heavy atom. The average Bonchev–Trinajstić information content (AvgIpc) is 2.84. The molecular formula is C25H23FN2O5. The van der Waals surface area contributed by atoms with Crippen LogP contribution in [0.4, 0.5) is 10.1 Å². The molecule has 0 aromatic heterocycles. The summed E-state index contributed by atoms with van der Waals surface area (Å²) in [5.41, 5.74) is 1.57. The number of methoxy groups -OCH3 is 1. The van der Waals surface area contributed by atoms with Crippen LogP contribution in [0.25, 0.3) is 0 Å². The van der Waals surface area contributed by atoms with Crippen molar-refractivity contribution in [2.24, 2.45) is 0 Å². The first-order valence-corrected chi connectivity index (χ1v) is 10.1. The summed E-state index contributed by atoms with van der Waals surface area (Å²) in [5, 5.41) is 2.43. The van der Waals surface area contributed by atoms with Gasteiger partial charge in [-0.1, -0.05) is 36.4 Å². The maximum atomic E-state index is 13.7. The molecule has 2 amide bonds. The number of carbonyl (C=O) groups excluding carboxylic acids is 3. The number of hydrogen-bond donors (Lipinski definition) is 1. The number of amides is 2. The summed E-state index contributed by atoms with van der Waals surface area (Å²) in [5.74, 6) is -1.61. The second-order valence-electron chi connectivity index (χ2n) is 7.16. The minimum absolute atomic E-state index is 0.0495. The van der Waals surface area contributed by atoms with Crippen molar-refractivity contribution >= 4 is 23.5 Å². The summed E-state index contributed by atoms with van der Waals surface area (Å²) in [6, 6.07) is 19.1. The molecular weight excluding hydrogens is 427 g/mol. The van der Waals surface area contributed by atoms with Gasteiger partial charge in [0, 0.05) is 13.6 Å². The second-order valence-corrected chi connectivity index (χ2v) is 7.16. The van der Waals surface area contributed by atoms with Crippen LogP contribution < -0.4 is 10.1 Å². The van der Waals surface area contributed by atoms with Gasteiger partial charge in [-0.05, 0) is 42.0 Å². The lowest BCUT2D eigenvalue weighted by atomic mass is 10.1. The van der Waals surface area contributed by atoms with Crippen LogP contribution >= 0.6 is 0 Å². The van der Waals surface area contributed by atoms with Crippen molar-refractivity contribution in [1.29, 1.82) is 0 Å². The Hall–Kier alpha value is -4.20. The Bertz CT molecular complexity index is 1150. The average molecular weight is 450 g/mol. The van der Waals surface area contributed by atoms with E-state index >= 15 is 0 Å². The van der Waals surface area contributed by atoms with Gasteiger partial charge in [0.1, 0.15) is 11.6 Å². The van der Waals surface area contributed by atoms with Crippen LogP contribution in [0.15, 0.2) is 72.8 Å². The van der Waals surface area contributed by atoms with E-state index in [1.807, 2.05) is 0 Å². The monoisotopic (exact) mass is 450 g/mol. The highest BCUT2D eigenvalue weighted by Crippen LogP contribution is 2.21. The SMILES string of the molecule is COC(=O)c1ccc(CN(C)C(=O)c2ccccc2OCC(=O)Nc2ccccc2F)cc1. The Kier molecular flexibility index (Phi) is 7.75. The first-order chi connectivity index (χ1) is 15.9. The number of para-hydroxylation sites is 2. The van der Waals surface area contributed by atoms with E-state index in [2.05, 4.69) is 10.1 Å². The lowest BCUT2D eigenvalue weighted by molar-refractivity contribution is -0.118. The number of benzene rings is 3. The summed E-state index contributed by atoms with van der Waals surface area (Å²) in [6.07, 6.45) is 0. The zero-order valence-electron chi connectivity index (χ0n) is 18.2. The standard InChI is InChI=1S/C25H23FN2O5/c1-28(15-17-11-13-18(14-12-17)25(31)32-2)24(30)19-7-3-6-10-22(19)33-16-23(29)27-21-9-5-4-8-20(21)26/h3-14H,15-16H2,1-2H3,(H,27,29). The van der Waals surface area contributed by atoms with Crippen molar-refractivity contribution in [2.45, 2.75) is 6.54 Å². The number of nitrogens with one attached hydrogen (secondary N) is 1. The van der Waals surface area contributed by atoms with Crippen molar-refractivity contribution in [3.05, 3.63) is 95.3 Å². The largest absolute Gasteiger partial charge is 0.483 e. The van der Waals surface area contributed by atoms with Gasteiger partial charge in [-0.3, -0.25) is 9.59 Å². The van der Waals surface area contributed by atoms with E-state index in [-0.39, 0.29) is 22.9 Å². The maximum absolute atomic E-state index is 13.7. The highest BCUT2D eigenvalue weighted by molar-refractivity contribution is 5.97. The highest BCUT2D eigenvalue weighted by atomic mass is 19.1. The number of nitrogens with zero attached hydrogens (tertiary/aromatic N) is 1. The van der Waals surface area contributed by atoms with Crippen molar-refractivity contribution in [1.82, 2.24) is 4.90 Å². The first-order valence-electron chi connectivity index (χ1n) is 10.1. The molecule has 0 aliphatic carbocycles. The molecule has 8 heteroatoms. The maximum Gasteiger partial charge on any atom is 0.337 e. The molecule has 0 fully saturated rings. The van der Waals surface area contributed by atoms with Crippen LogP contribution in [0.5, 0.6) is 5.75 Å². The molecule has 0 aliphatic rings. The Morgan fingerprint density at radius 3 is 2.30 bits per heavy atom. The normalized spacial score (nSPS) is 10.3. The predicted octanol–water partition coefficient (Wildman–Crippen LogP) is 3.90. The molecule has 0 saturated heterocycles. The quantitative estimate of drug-likeness (QED) is 0.526. The Labute approximate surface area is 190 Å². The zero-order chi connectivity index (χ0) is 23.8. The number of esters is 1. The number of anilines is 1. The van der Waals surface area contributed by atoms with E-state index in [0.717, 1.165) is 5.56 Å². The van der Waals surface area contributed by atoms with Gasteiger partial charge in [-0.2, -0.15) is 0 Å². The molecule has 0 unspecified atom stereocenters. The van der Waals surface area contributed by atoms with E-state index in [9.17, 15) is 18.8 Å². The molecule has 0 radical (unpaired) electrons. The third kappa shape index (κ3) is 6.16. The molecule has 3 aromatic rings. The van der Waals surface area contributed by atoms with Crippen molar-refractivity contribution in [2.75, 3.05) is 26.1 Å². The molecule has 3 aromatic carbocycles. The minimum atomic E-state index is -0.554. The van der Waals surface area contributed by atoms with Crippen LogP contribution in [-0.2, 0) is 16.1 Å². The zero-order valence-corrected chi connectivity index (χ0v) is 18.2. The van der Waals surface area contributed by atoms with Gasteiger partial charge in [-0.15, -0.1) is 0 Å². The number of hydrogen-bond acceptors (Lipinski definition) is 5. The molecule has 0 heterocycles. The lowest BCUT2D eigenvalue weighted by Gasteiger charge is -2.19.